The highest BCUT2D eigenvalue weighted by molar-refractivity contribution is 7.81. The largest absolute Gasteiger partial charge is 0.455 e. The number of likely N-dealkylation sites (tertiary alicyclic amines) is 1. The molecule has 492 valence electrons. The molecule has 5 rings (SSSR count). The van der Waals surface area contributed by atoms with E-state index in [9.17, 15) is 60.9 Å². The molecular weight excluding hydrogens is 1190 g/mol. The summed E-state index contributed by atoms with van der Waals surface area (Å²) in [6, 6.07) is 2.15. The Balaban J connectivity index is 1.38. The number of aromatic nitrogens is 1. The van der Waals surface area contributed by atoms with Crippen LogP contribution >= 0.6 is 11.3 Å². The van der Waals surface area contributed by atoms with Crippen molar-refractivity contribution >= 4 is 86.5 Å². The number of amides is 8. The lowest BCUT2D eigenvalue weighted by Crippen LogP contribution is -2.57. The number of ether oxygens (including phenoxy) is 1. The first-order chi connectivity index (χ1) is 41.9. The molecule has 0 radical (unpaired) electrons. The number of piperidine rings is 1. The van der Waals surface area contributed by atoms with Gasteiger partial charge in [0.2, 0.25) is 29.5 Å². The van der Waals surface area contributed by atoms with Crippen molar-refractivity contribution in [3.8, 4) is 5.75 Å². The number of carbonyl (C=O) groups is 11. The molecular formula is C62H91N9O16S2. The molecule has 2 fully saturated rings. The molecule has 0 spiro atoms. The molecule has 3 aliphatic rings. The molecule has 8 atom stereocenters. The van der Waals surface area contributed by atoms with Crippen LogP contribution in [0.4, 0.5) is 0 Å². The van der Waals surface area contributed by atoms with Gasteiger partial charge in [0, 0.05) is 121 Å². The number of nitrogens with one attached hydrogen (secondary N) is 1. The fourth-order valence-electron chi connectivity index (χ4n) is 11.7. The van der Waals surface area contributed by atoms with Gasteiger partial charge in [-0.15, -0.1) is 11.3 Å². The second-order valence-corrected chi connectivity index (χ2v) is 26.3. The maximum atomic E-state index is 15.0. The number of benzene rings is 1. The number of ketones is 2. The zero-order valence-electron chi connectivity index (χ0n) is 53.1. The van der Waals surface area contributed by atoms with Crippen LogP contribution in [0.3, 0.4) is 0 Å². The molecule has 1 aromatic carbocycles. The van der Waals surface area contributed by atoms with Gasteiger partial charge in [-0.25, -0.2) is 4.98 Å². The first kappa shape index (κ1) is 72.8. The number of piperazine rings is 1. The van der Waals surface area contributed by atoms with Gasteiger partial charge in [0.25, 0.3) is 17.7 Å². The average Bonchev–Trinajstić information content (AvgIpc) is 3.18. The first-order valence-corrected chi connectivity index (χ1v) is 33.0. The van der Waals surface area contributed by atoms with Gasteiger partial charge in [0.05, 0.1) is 12.1 Å². The first-order valence-electron chi connectivity index (χ1n) is 30.8. The Kier molecular flexibility index (Phi) is 27.6. The van der Waals surface area contributed by atoms with Crippen molar-refractivity contribution in [1.82, 2.24) is 39.7 Å². The Hall–Kier alpha value is -6.97. The van der Waals surface area contributed by atoms with E-state index in [4.69, 9.17) is 10.5 Å². The lowest BCUT2D eigenvalue weighted by atomic mass is 9.83. The number of nitrogens with zero attached hydrogens (tertiary/aromatic N) is 7. The minimum Gasteiger partial charge on any atom is -0.455 e. The van der Waals surface area contributed by atoms with E-state index in [0.29, 0.717) is 12.0 Å². The number of carbonyl (C=O) groups excluding carboxylic acids is 11. The summed E-state index contributed by atoms with van der Waals surface area (Å²) in [4.78, 5) is 162. The Labute approximate surface area is 526 Å². The summed E-state index contributed by atoms with van der Waals surface area (Å²) < 4.78 is 42.9. The summed E-state index contributed by atoms with van der Waals surface area (Å²) in [5.74, 6) is -7.56. The molecule has 0 bridgehead atoms. The minimum atomic E-state index is -4.90. The Morgan fingerprint density at radius 2 is 1.48 bits per heavy atom. The van der Waals surface area contributed by atoms with Gasteiger partial charge in [-0.1, -0.05) is 72.9 Å². The number of Topliss-reactive ketones (excluding diaryl/α,β-unsaturated/α-hetero) is 2. The number of unbranched alkanes of at least 4 members (excludes halogenated alkanes) is 1. The third-order valence-electron chi connectivity index (χ3n) is 17.2. The number of likely N-dealkylation sites (N-methyl/N-ethyl adjacent to an activating group) is 2. The number of nitrogens with two attached hydrogens (primary N) is 1. The van der Waals surface area contributed by atoms with Crippen LogP contribution in [0.1, 0.15) is 159 Å². The smallest absolute Gasteiger partial charge is 0.446 e. The third-order valence-corrected chi connectivity index (χ3v) is 18.6. The zero-order chi connectivity index (χ0) is 66.0. The van der Waals surface area contributed by atoms with E-state index in [-0.39, 0.29) is 142 Å². The van der Waals surface area contributed by atoms with Crippen molar-refractivity contribution < 1.29 is 74.6 Å². The van der Waals surface area contributed by atoms with E-state index in [2.05, 4.69) is 19.4 Å². The van der Waals surface area contributed by atoms with E-state index in [1.807, 2.05) is 34.7 Å². The summed E-state index contributed by atoms with van der Waals surface area (Å²) in [7, 11) is 0.105. The van der Waals surface area contributed by atoms with Gasteiger partial charge in [-0.05, 0) is 87.6 Å². The molecule has 89 heavy (non-hydrogen) atoms. The van der Waals surface area contributed by atoms with Crippen LogP contribution in [-0.2, 0) is 69.5 Å². The van der Waals surface area contributed by atoms with Crippen LogP contribution < -0.4 is 15.2 Å². The molecule has 0 saturated carbocycles. The van der Waals surface area contributed by atoms with E-state index in [1.54, 1.807) is 35.6 Å². The maximum Gasteiger partial charge on any atom is 0.446 e. The maximum absolute atomic E-state index is 15.0. The van der Waals surface area contributed by atoms with Crippen molar-refractivity contribution in [2.45, 2.75) is 169 Å². The van der Waals surface area contributed by atoms with Gasteiger partial charge in [-0.3, -0.25) is 67.1 Å². The second-order valence-electron chi connectivity index (χ2n) is 24.4. The van der Waals surface area contributed by atoms with E-state index in [0.717, 1.165) is 46.9 Å². The number of hydrogen-bond acceptors (Lipinski definition) is 18. The van der Waals surface area contributed by atoms with E-state index in [1.165, 1.54) is 55.8 Å². The van der Waals surface area contributed by atoms with Crippen LogP contribution in [0, 0.1) is 29.6 Å². The highest BCUT2D eigenvalue weighted by Crippen LogP contribution is 2.34. The molecule has 3 aliphatic heterocycles. The fourth-order valence-corrected chi connectivity index (χ4v) is 12.9. The fraction of sp³-hybridized carbons (Fsp3) is 0.645. The Bertz CT molecular complexity index is 2980. The van der Waals surface area contributed by atoms with Crippen LogP contribution in [0.5, 0.6) is 5.75 Å². The van der Waals surface area contributed by atoms with Crippen molar-refractivity contribution in [2.24, 2.45) is 35.3 Å². The molecule has 2 saturated heterocycles. The molecule has 25 nitrogen and oxygen atoms in total. The average molecular weight is 1280 g/mol. The summed E-state index contributed by atoms with van der Waals surface area (Å²) in [6.07, 6.45) is 5.11. The number of rotatable bonds is 34. The Morgan fingerprint density at radius 3 is 2.06 bits per heavy atom. The molecule has 8 amide bonds. The standard InChI is InChI=1S/C62H91N9O16S2/c1-11-40(6)45(35-51(74)47-18-14-15-27-66(47)8)60(80)67(9)48(38(2)3)36-52(86-41(7)72)59-64-46(37-88-59)61(81)68(10)49(33-42-21-23-44(24-22-42)87-89(83,84)85)50(73)34-43(17-12-13-19-53(63)75)58(79)65-57(39(4)5)62(82)70-31-29-69(30-32-70)54(76)20-16-28-71-55(77)25-26-56(71)78/h21-26,37-40,43,45,47-49,52,57H,11-20,27-36H2,1-10H3,(H2,63,75)(H,65,79)(H,83,84,85)/t40-,43+,45?,47+,48+,49-,52+,57-/m0/s1. The summed E-state index contributed by atoms with van der Waals surface area (Å²) in [5.41, 5.74) is 5.73. The summed E-state index contributed by atoms with van der Waals surface area (Å²) in [6.45, 7) is 14.1. The molecule has 1 aromatic heterocycles. The van der Waals surface area contributed by atoms with Crippen molar-refractivity contribution in [3.05, 3.63) is 58.1 Å². The van der Waals surface area contributed by atoms with E-state index >= 15 is 4.79 Å². The molecule has 27 heteroatoms. The SMILES string of the molecule is CC[C@H](C)C(CC(=O)[C@H]1CCCCN1C)C(=O)N(C)[C@H](C[C@@H](OC(C)=O)c1nc(C(=O)N(C)[C@@H](Cc2ccc(OS(=O)(=O)O)cc2)C(=O)C[C@@H](CCCCC(N)=O)C(=O)N[C@H](C(=O)N2CCN(C(=O)CCCN3C(=O)C=CC3=O)CC2)C(C)C)cs1)C(C)C. The zero-order valence-corrected chi connectivity index (χ0v) is 54.7. The molecule has 2 aromatic rings. The van der Waals surface area contributed by atoms with Crippen LogP contribution in [0.15, 0.2) is 41.8 Å². The van der Waals surface area contributed by atoms with Gasteiger partial charge in [0.15, 0.2) is 17.7 Å². The third kappa shape index (κ3) is 21.3. The topological polar surface area (TPSA) is 331 Å². The van der Waals surface area contributed by atoms with Crippen molar-refractivity contribution in [3.63, 3.8) is 0 Å². The lowest BCUT2D eigenvalue weighted by Gasteiger charge is -2.37. The number of primary amides is 1. The van der Waals surface area contributed by atoms with Gasteiger partial charge >= 0.3 is 16.4 Å². The highest BCUT2D eigenvalue weighted by Gasteiger charge is 2.40. The second kappa shape index (κ2) is 33.7. The molecule has 0 aliphatic carbocycles. The normalized spacial score (nSPS) is 18.0. The predicted molar refractivity (Wildman–Crippen MR) is 329 cm³/mol. The quantitative estimate of drug-likeness (QED) is 0.0369. The van der Waals surface area contributed by atoms with E-state index < -0.39 is 106 Å². The number of imide groups is 1. The summed E-state index contributed by atoms with van der Waals surface area (Å²) in [5, 5.41) is 4.57. The monoisotopic (exact) mass is 1280 g/mol. The molecule has 1 unspecified atom stereocenters. The van der Waals surface area contributed by atoms with Gasteiger partial charge in [-0.2, -0.15) is 8.42 Å². The number of thiazole rings is 1. The number of esters is 1. The summed E-state index contributed by atoms with van der Waals surface area (Å²) >= 11 is 1.03. The van der Waals surface area contributed by atoms with Crippen LogP contribution in [0.25, 0.3) is 0 Å². The predicted octanol–water partition coefficient (Wildman–Crippen LogP) is 4.73. The van der Waals surface area contributed by atoms with Crippen LogP contribution in [0.2, 0.25) is 0 Å². The highest BCUT2D eigenvalue weighted by atomic mass is 32.3. The van der Waals surface area contributed by atoms with Crippen LogP contribution in [-0.4, -0.2) is 197 Å². The van der Waals surface area contributed by atoms with Crippen molar-refractivity contribution in [1.29, 1.82) is 0 Å². The molecule has 4 N–H and O–H groups in total. The van der Waals surface area contributed by atoms with Gasteiger partial charge in [0.1, 0.15) is 22.5 Å². The molecule has 4 heterocycles. The number of hydrogen-bond donors (Lipinski definition) is 3. The van der Waals surface area contributed by atoms with Gasteiger partial charge < -0.3 is 39.6 Å². The Morgan fingerprint density at radius 1 is 0.843 bits per heavy atom. The lowest BCUT2D eigenvalue weighted by molar-refractivity contribution is -0.150. The van der Waals surface area contributed by atoms with Crippen molar-refractivity contribution in [2.75, 3.05) is 60.4 Å². The minimum absolute atomic E-state index is 0.00339.